The van der Waals surface area contributed by atoms with Crippen LogP contribution in [0.4, 0.5) is 13.2 Å². The normalized spacial score (nSPS) is 11.7. The number of likely N-dealkylation sites (N-methyl/N-ethyl adjacent to an activating group) is 1. The van der Waals surface area contributed by atoms with E-state index in [9.17, 15) is 13.2 Å². The number of nitrogens with two attached hydrogens (primary N) is 1. The fraction of sp³-hybridized carbons (Fsp3) is 0.312. The Labute approximate surface area is 132 Å². The van der Waals surface area contributed by atoms with Gasteiger partial charge >= 0.3 is 6.36 Å². The van der Waals surface area contributed by atoms with Gasteiger partial charge < -0.3 is 15.4 Å². The first-order valence-corrected chi connectivity index (χ1v) is 7.06. The van der Waals surface area contributed by atoms with Crippen LogP contribution >= 0.6 is 0 Å². The number of alkyl halides is 3. The highest BCUT2D eigenvalue weighted by Gasteiger charge is 2.30. The van der Waals surface area contributed by atoms with E-state index in [2.05, 4.69) is 14.6 Å². The maximum absolute atomic E-state index is 12.2. The van der Waals surface area contributed by atoms with Gasteiger partial charge in [-0.1, -0.05) is 12.1 Å². The summed E-state index contributed by atoms with van der Waals surface area (Å²) in [4.78, 5) is 6.26. The van der Waals surface area contributed by atoms with Crippen LogP contribution in [-0.4, -0.2) is 36.4 Å². The third-order valence-corrected chi connectivity index (χ3v) is 3.18. The molecule has 0 saturated carbocycles. The number of hydrogen-bond donors (Lipinski definition) is 1. The van der Waals surface area contributed by atoms with Gasteiger partial charge in [-0.05, 0) is 36.4 Å². The number of ether oxygens (including phenoxy) is 1. The van der Waals surface area contributed by atoms with Gasteiger partial charge in [-0.2, -0.15) is 0 Å². The molecule has 23 heavy (non-hydrogen) atoms. The highest BCUT2D eigenvalue weighted by Crippen LogP contribution is 2.26. The predicted octanol–water partition coefficient (Wildman–Crippen LogP) is 3.04. The maximum Gasteiger partial charge on any atom is 0.573 e. The monoisotopic (exact) mass is 325 g/mol. The molecule has 0 saturated heterocycles. The van der Waals surface area contributed by atoms with Crippen molar-refractivity contribution in [1.29, 1.82) is 0 Å². The smallest absolute Gasteiger partial charge is 0.406 e. The molecule has 0 aliphatic rings. The molecule has 2 rings (SSSR count). The van der Waals surface area contributed by atoms with Crippen LogP contribution in [0, 0.1) is 0 Å². The molecule has 0 amide bonds. The van der Waals surface area contributed by atoms with Crippen molar-refractivity contribution in [1.82, 2.24) is 9.88 Å². The van der Waals surface area contributed by atoms with Crippen molar-refractivity contribution < 1.29 is 17.9 Å². The third kappa shape index (κ3) is 5.54. The Morgan fingerprint density at radius 3 is 2.43 bits per heavy atom. The Kier molecular flexibility index (Phi) is 5.57. The van der Waals surface area contributed by atoms with Gasteiger partial charge in [-0.25, -0.2) is 0 Å². The molecule has 1 aromatic carbocycles. The van der Waals surface area contributed by atoms with Crippen LogP contribution in [0.2, 0.25) is 0 Å². The summed E-state index contributed by atoms with van der Waals surface area (Å²) in [6, 6.07) is 7.68. The first-order chi connectivity index (χ1) is 10.9. The van der Waals surface area contributed by atoms with Crippen LogP contribution in [0.15, 0.2) is 42.7 Å². The lowest BCUT2D eigenvalue weighted by molar-refractivity contribution is -0.274. The molecule has 0 aliphatic heterocycles. The summed E-state index contributed by atoms with van der Waals surface area (Å²) in [6.07, 6.45) is -1.25. The summed E-state index contributed by atoms with van der Waals surface area (Å²) in [6.45, 7) is 2.05. The maximum atomic E-state index is 12.2. The highest BCUT2D eigenvalue weighted by atomic mass is 19.4. The van der Waals surface area contributed by atoms with Crippen LogP contribution < -0.4 is 10.5 Å². The largest absolute Gasteiger partial charge is 0.573 e. The Morgan fingerprint density at radius 1 is 1.13 bits per heavy atom. The van der Waals surface area contributed by atoms with Crippen molar-refractivity contribution in [3.05, 3.63) is 48.3 Å². The van der Waals surface area contributed by atoms with Crippen LogP contribution in [0.1, 0.15) is 5.56 Å². The lowest BCUT2D eigenvalue weighted by Gasteiger charge is -2.15. The van der Waals surface area contributed by atoms with E-state index in [1.54, 1.807) is 24.5 Å². The molecule has 0 unspecified atom stereocenters. The van der Waals surface area contributed by atoms with Gasteiger partial charge in [0.05, 0.1) is 0 Å². The summed E-state index contributed by atoms with van der Waals surface area (Å²) >= 11 is 0. The van der Waals surface area contributed by atoms with Crippen LogP contribution in [0.5, 0.6) is 5.75 Å². The SMILES string of the molecule is CN(CCN)Cc1cncc(-c2ccc(OC(F)(F)F)cc2)c1. The molecule has 2 N–H and O–H groups in total. The molecule has 1 heterocycles. The molecule has 7 heteroatoms. The average molecular weight is 325 g/mol. The number of nitrogens with zero attached hydrogens (tertiary/aromatic N) is 2. The van der Waals surface area contributed by atoms with Gasteiger partial charge in [0, 0.05) is 37.6 Å². The second-order valence-corrected chi connectivity index (χ2v) is 5.18. The number of aromatic nitrogens is 1. The van der Waals surface area contributed by atoms with Crippen molar-refractivity contribution in [2.45, 2.75) is 12.9 Å². The van der Waals surface area contributed by atoms with Crippen molar-refractivity contribution in [2.24, 2.45) is 5.73 Å². The molecule has 0 aliphatic carbocycles. The molecule has 124 valence electrons. The Hall–Kier alpha value is -2.12. The van der Waals surface area contributed by atoms with E-state index in [1.165, 1.54) is 12.1 Å². The summed E-state index contributed by atoms with van der Waals surface area (Å²) < 4.78 is 40.3. The quantitative estimate of drug-likeness (QED) is 0.887. The topological polar surface area (TPSA) is 51.4 Å². The van der Waals surface area contributed by atoms with Crippen LogP contribution in [0.3, 0.4) is 0 Å². The lowest BCUT2D eigenvalue weighted by atomic mass is 10.1. The van der Waals surface area contributed by atoms with Gasteiger partial charge in [0.2, 0.25) is 0 Å². The minimum Gasteiger partial charge on any atom is -0.406 e. The zero-order valence-corrected chi connectivity index (χ0v) is 12.7. The number of benzene rings is 1. The fourth-order valence-electron chi connectivity index (χ4n) is 2.19. The second-order valence-electron chi connectivity index (χ2n) is 5.18. The number of rotatable bonds is 6. The van der Waals surface area contributed by atoms with E-state index in [4.69, 9.17) is 5.73 Å². The van der Waals surface area contributed by atoms with Gasteiger partial charge in [-0.3, -0.25) is 4.98 Å². The summed E-state index contributed by atoms with van der Waals surface area (Å²) in [5.74, 6) is -0.243. The molecule has 0 bridgehead atoms. The zero-order chi connectivity index (χ0) is 16.9. The van der Waals surface area contributed by atoms with Gasteiger partial charge in [0.25, 0.3) is 0 Å². The first kappa shape index (κ1) is 17.2. The molecule has 4 nitrogen and oxygen atoms in total. The summed E-state index contributed by atoms with van der Waals surface area (Å²) in [5, 5.41) is 0. The summed E-state index contributed by atoms with van der Waals surface area (Å²) in [5.41, 5.74) is 8.13. The van der Waals surface area contributed by atoms with E-state index in [0.29, 0.717) is 13.1 Å². The Bertz CT molecular complexity index is 629. The summed E-state index contributed by atoms with van der Waals surface area (Å²) in [7, 11) is 1.96. The van der Waals surface area contributed by atoms with Gasteiger partial charge in [0.15, 0.2) is 0 Å². The lowest BCUT2D eigenvalue weighted by Crippen LogP contribution is -2.25. The van der Waals surface area contributed by atoms with E-state index < -0.39 is 6.36 Å². The average Bonchev–Trinajstić information content (AvgIpc) is 2.47. The standard InChI is InChI=1S/C16H18F3N3O/c1-22(7-6-20)11-12-8-14(10-21-9-12)13-2-4-15(5-3-13)23-16(17,18)19/h2-5,8-10H,6-7,11,20H2,1H3. The first-order valence-electron chi connectivity index (χ1n) is 7.06. The van der Waals surface area contributed by atoms with Crippen LogP contribution in [-0.2, 0) is 6.54 Å². The van der Waals surface area contributed by atoms with Gasteiger partial charge in [0.1, 0.15) is 5.75 Å². The Morgan fingerprint density at radius 2 is 1.83 bits per heavy atom. The molecule has 0 radical (unpaired) electrons. The minimum absolute atomic E-state index is 0.243. The third-order valence-electron chi connectivity index (χ3n) is 3.18. The molecular weight excluding hydrogens is 307 g/mol. The molecule has 0 spiro atoms. The van der Waals surface area contributed by atoms with Gasteiger partial charge in [-0.15, -0.1) is 13.2 Å². The molecule has 0 fully saturated rings. The van der Waals surface area contributed by atoms with Crippen molar-refractivity contribution in [3.63, 3.8) is 0 Å². The molecule has 0 atom stereocenters. The van der Waals surface area contributed by atoms with E-state index in [-0.39, 0.29) is 5.75 Å². The number of hydrogen-bond acceptors (Lipinski definition) is 4. The predicted molar refractivity (Wildman–Crippen MR) is 81.7 cm³/mol. The van der Waals surface area contributed by atoms with E-state index in [0.717, 1.165) is 23.2 Å². The van der Waals surface area contributed by atoms with Crippen molar-refractivity contribution in [3.8, 4) is 16.9 Å². The molecule has 1 aromatic heterocycles. The fourth-order valence-corrected chi connectivity index (χ4v) is 2.19. The molecular formula is C16H18F3N3O. The minimum atomic E-state index is -4.68. The van der Waals surface area contributed by atoms with Crippen molar-refractivity contribution >= 4 is 0 Å². The molecule has 2 aromatic rings. The number of halogens is 3. The van der Waals surface area contributed by atoms with E-state index >= 15 is 0 Å². The Balaban J connectivity index is 2.12. The zero-order valence-electron chi connectivity index (χ0n) is 12.7. The van der Waals surface area contributed by atoms with E-state index in [1.807, 2.05) is 13.1 Å². The highest BCUT2D eigenvalue weighted by molar-refractivity contribution is 5.63. The second kappa shape index (κ2) is 7.43. The number of pyridine rings is 1. The van der Waals surface area contributed by atoms with Crippen LogP contribution in [0.25, 0.3) is 11.1 Å². The van der Waals surface area contributed by atoms with Crippen molar-refractivity contribution in [2.75, 3.05) is 20.1 Å².